The number of carbonyl (C=O) groups is 1. The monoisotopic (exact) mass is 386 g/mol. The van der Waals surface area contributed by atoms with E-state index < -0.39 is 12.3 Å². The minimum absolute atomic E-state index is 0.0345. The van der Waals surface area contributed by atoms with E-state index in [0.29, 0.717) is 22.7 Å². The number of nitrogens with zero attached hydrogens (tertiary/aromatic N) is 3. The first kappa shape index (κ1) is 17.7. The van der Waals surface area contributed by atoms with Crippen molar-refractivity contribution in [2.75, 3.05) is 17.2 Å². The molecule has 0 saturated heterocycles. The van der Waals surface area contributed by atoms with Gasteiger partial charge in [-0.2, -0.15) is 9.97 Å². The summed E-state index contributed by atoms with van der Waals surface area (Å²) >= 11 is 5.78. The number of H-pyrrole nitrogens is 1. The number of ether oxygens (including phenoxy) is 1. The molecule has 3 rings (SSSR count). The quantitative estimate of drug-likeness (QED) is 0.582. The number of rotatable bonds is 5. The van der Waals surface area contributed by atoms with Crippen molar-refractivity contribution in [2.24, 2.45) is 0 Å². The lowest BCUT2D eigenvalue weighted by Gasteiger charge is -2.10. The molecule has 12 heteroatoms. The fourth-order valence-electron chi connectivity index (χ4n) is 2.04. The summed E-state index contributed by atoms with van der Waals surface area (Å²) in [6, 6.07) is 4.75. The zero-order chi connectivity index (χ0) is 18.7. The van der Waals surface area contributed by atoms with Gasteiger partial charge in [0, 0.05) is 5.69 Å². The fourth-order valence-corrected chi connectivity index (χ4v) is 2.21. The number of alkyl halides is 3. The molecule has 0 atom stereocenters. The van der Waals surface area contributed by atoms with Crippen molar-refractivity contribution in [3.63, 3.8) is 0 Å². The first-order valence-electron chi connectivity index (χ1n) is 7.06. The molecule has 3 aromatic rings. The Morgan fingerprint density at radius 2 is 1.96 bits per heavy atom. The second kappa shape index (κ2) is 7.04. The van der Waals surface area contributed by atoms with Crippen LogP contribution >= 0.6 is 11.6 Å². The van der Waals surface area contributed by atoms with E-state index in [4.69, 9.17) is 11.6 Å². The highest BCUT2D eigenvalue weighted by molar-refractivity contribution is 6.28. The number of aromatic nitrogens is 4. The van der Waals surface area contributed by atoms with E-state index in [2.05, 4.69) is 35.3 Å². The molecule has 0 radical (unpaired) electrons. The molecule has 0 unspecified atom stereocenters. The largest absolute Gasteiger partial charge is 0.573 e. The molecule has 3 N–H and O–H groups in total. The summed E-state index contributed by atoms with van der Waals surface area (Å²) in [4.78, 5) is 26.6. The number of hydrogen-bond acceptors (Lipinski definition) is 6. The number of imidazole rings is 1. The second-order valence-electron chi connectivity index (χ2n) is 4.92. The first-order chi connectivity index (χ1) is 12.3. The van der Waals surface area contributed by atoms with E-state index in [1.807, 2.05) is 0 Å². The molecular weight excluding hydrogens is 377 g/mol. The summed E-state index contributed by atoms with van der Waals surface area (Å²) in [5.74, 6) is -0.538. The number of nitrogens with one attached hydrogen (secondary N) is 3. The van der Waals surface area contributed by atoms with Crippen molar-refractivity contribution in [1.29, 1.82) is 0 Å². The maximum Gasteiger partial charge on any atom is 0.573 e. The maximum absolute atomic E-state index is 12.1. The second-order valence-corrected chi connectivity index (χ2v) is 5.25. The topological polar surface area (TPSA) is 105 Å². The molecule has 26 heavy (non-hydrogen) atoms. The highest BCUT2D eigenvalue weighted by Gasteiger charge is 2.30. The lowest BCUT2D eigenvalue weighted by molar-refractivity contribution is -0.274. The molecule has 2 aromatic heterocycles. The third-order valence-corrected chi connectivity index (χ3v) is 3.22. The Kier molecular flexibility index (Phi) is 4.80. The van der Waals surface area contributed by atoms with Crippen LogP contribution in [0.15, 0.2) is 30.6 Å². The Balaban J connectivity index is 1.59. The number of hydrogen-bond donors (Lipinski definition) is 3. The Morgan fingerprint density at radius 3 is 2.65 bits per heavy atom. The van der Waals surface area contributed by atoms with E-state index in [1.54, 1.807) is 0 Å². The first-order valence-corrected chi connectivity index (χ1v) is 7.44. The lowest BCUT2D eigenvalue weighted by atomic mass is 10.3. The van der Waals surface area contributed by atoms with Crippen molar-refractivity contribution in [3.8, 4) is 5.75 Å². The van der Waals surface area contributed by atoms with Gasteiger partial charge in [0.25, 0.3) is 0 Å². The van der Waals surface area contributed by atoms with Crippen molar-refractivity contribution in [1.82, 2.24) is 19.9 Å². The van der Waals surface area contributed by atoms with E-state index in [0.717, 1.165) is 12.1 Å². The van der Waals surface area contributed by atoms with Gasteiger partial charge in [-0.3, -0.25) is 4.79 Å². The molecule has 2 heterocycles. The van der Waals surface area contributed by atoms with Gasteiger partial charge in [-0.05, 0) is 35.9 Å². The molecule has 0 fully saturated rings. The van der Waals surface area contributed by atoms with Gasteiger partial charge >= 0.3 is 6.36 Å². The van der Waals surface area contributed by atoms with Crippen LogP contribution in [-0.4, -0.2) is 38.8 Å². The van der Waals surface area contributed by atoms with Crippen LogP contribution < -0.4 is 15.4 Å². The fraction of sp³-hybridized carbons (Fsp3) is 0.143. The van der Waals surface area contributed by atoms with Crippen LogP contribution in [0.3, 0.4) is 0 Å². The Bertz CT molecular complexity index is 929. The molecule has 8 nitrogen and oxygen atoms in total. The van der Waals surface area contributed by atoms with Crippen LogP contribution in [0.4, 0.5) is 24.7 Å². The summed E-state index contributed by atoms with van der Waals surface area (Å²) in [5.41, 5.74) is 1.13. The number of fused-ring (bicyclic) bond motifs is 1. The van der Waals surface area contributed by atoms with Gasteiger partial charge < -0.3 is 20.4 Å². The third-order valence-electron chi connectivity index (χ3n) is 3.05. The minimum Gasteiger partial charge on any atom is -0.406 e. The van der Waals surface area contributed by atoms with Crippen LogP contribution in [-0.2, 0) is 4.79 Å². The number of anilines is 2. The maximum atomic E-state index is 12.1. The summed E-state index contributed by atoms with van der Waals surface area (Å²) in [5, 5.41) is 5.27. The molecule has 0 bridgehead atoms. The van der Waals surface area contributed by atoms with Crippen molar-refractivity contribution in [3.05, 3.63) is 35.9 Å². The molecule has 136 valence electrons. The van der Waals surface area contributed by atoms with Gasteiger partial charge in [-0.1, -0.05) is 0 Å². The van der Waals surface area contributed by atoms with Gasteiger partial charge in [0.15, 0.2) is 11.5 Å². The molecule has 0 aliphatic rings. The summed E-state index contributed by atoms with van der Waals surface area (Å²) in [7, 11) is 0. The van der Waals surface area contributed by atoms with Crippen LogP contribution in [0.2, 0.25) is 5.28 Å². The smallest absolute Gasteiger partial charge is 0.406 e. The molecule has 0 saturated carbocycles. The Hall–Kier alpha value is -3.08. The van der Waals surface area contributed by atoms with Gasteiger partial charge in [0.05, 0.1) is 12.9 Å². The molecule has 0 aliphatic heterocycles. The molecule has 0 aliphatic carbocycles. The zero-order valence-corrected chi connectivity index (χ0v) is 13.5. The number of halogens is 4. The molecular formula is C14H10ClF3N6O2. The summed E-state index contributed by atoms with van der Waals surface area (Å²) < 4.78 is 40.1. The van der Waals surface area contributed by atoms with E-state index in [-0.39, 0.29) is 17.6 Å². The van der Waals surface area contributed by atoms with E-state index in [9.17, 15) is 18.0 Å². The van der Waals surface area contributed by atoms with Gasteiger partial charge in [-0.15, -0.1) is 13.2 Å². The number of carbonyl (C=O) groups excluding carboxylic acids is 1. The van der Waals surface area contributed by atoms with E-state index in [1.165, 1.54) is 18.5 Å². The number of benzene rings is 1. The average Bonchev–Trinajstić information content (AvgIpc) is 3.01. The SMILES string of the molecule is O=C(CNc1nc(Cl)nc2nc[nH]c12)Nc1ccc(OC(F)(F)F)cc1. The highest BCUT2D eigenvalue weighted by atomic mass is 35.5. The number of aromatic amines is 1. The zero-order valence-electron chi connectivity index (χ0n) is 12.8. The summed E-state index contributed by atoms with van der Waals surface area (Å²) in [6.45, 7) is -0.164. The van der Waals surface area contributed by atoms with Crippen LogP contribution in [0, 0.1) is 0 Å². The minimum atomic E-state index is -4.77. The van der Waals surface area contributed by atoms with Crippen molar-refractivity contribution >= 4 is 40.2 Å². The highest BCUT2D eigenvalue weighted by Crippen LogP contribution is 2.24. The predicted octanol–water partition coefficient (Wildman–Crippen LogP) is 2.96. The van der Waals surface area contributed by atoms with Gasteiger partial charge in [0.2, 0.25) is 11.2 Å². The normalized spacial score (nSPS) is 11.4. The van der Waals surface area contributed by atoms with Crippen molar-refractivity contribution < 1.29 is 22.7 Å². The van der Waals surface area contributed by atoms with Gasteiger partial charge in [-0.25, -0.2) is 4.98 Å². The third kappa shape index (κ3) is 4.51. The van der Waals surface area contributed by atoms with Crippen LogP contribution in [0.5, 0.6) is 5.75 Å². The van der Waals surface area contributed by atoms with Crippen LogP contribution in [0.1, 0.15) is 0 Å². The lowest BCUT2D eigenvalue weighted by Crippen LogP contribution is -2.22. The average molecular weight is 387 g/mol. The van der Waals surface area contributed by atoms with Crippen LogP contribution in [0.25, 0.3) is 11.2 Å². The summed E-state index contributed by atoms with van der Waals surface area (Å²) in [6.07, 6.45) is -3.36. The Labute approximate surface area is 148 Å². The molecule has 1 aromatic carbocycles. The number of amides is 1. The van der Waals surface area contributed by atoms with Gasteiger partial charge in [0.1, 0.15) is 11.3 Å². The molecule has 1 amide bonds. The molecule has 0 spiro atoms. The Morgan fingerprint density at radius 1 is 1.23 bits per heavy atom. The van der Waals surface area contributed by atoms with E-state index >= 15 is 0 Å². The standard InChI is InChI=1S/C14H10ClF3N6O2/c15-13-23-11(10-12(24-13)21-6-20-10)19-5-9(25)22-7-1-3-8(4-2-7)26-14(16,17)18/h1-4,6H,5H2,(H,22,25)(H2,19,20,21,23,24). The predicted molar refractivity (Wildman–Crippen MR) is 86.9 cm³/mol. The van der Waals surface area contributed by atoms with Crippen molar-refractivity contribution in [2.45, 2.75) is 6.36 Å².